The molecule has 30 heavy (non-hydrogen) atoms. The van der Waals surface area contributed by atoms with Gasteiger partial charge in [0.05, 0.1) is 0 Å². The number of anilines is 1. The fourth-order valence-electron chi connectivity index (χ4n) is 3.87. The van der Waals surface area contributed by atoms with Crippen molar-refractivity contribution >= 4 is 11.7 Å². The van der Waals surface area contributed by atoms with Gasteiger partial charge in [0.1, 0.15) is 5.75 Å². The summed E-state index contributed by atoms with van der Waals surface area (Å²) in [5.41, 5.74) is 7.69. The van der Waals surface area contributed by atoms with Gasteiger partial charge in [0, 0.05) is 43.6 Å². The highest BCUT2D eigenvalue weighted by Crippen LogP contribution is 2.25. The topological polar surface area (TPSA) is 71.7 Å². The van der Waals surface area contributed by atoms with Crippen molar-refractivity contribution < 1.29 is 9.53 Å². The number of nitrogens with two attached hydrogens (primary N) is 1. The Kier molecular flexibility index (Phi) is 6.25. The molecule has 154 valence electrons. The first kappa shape index (κ1) is 19.9. The molecule has 0 atom stereocenters. The summed E-state index contributed by atoms with van der Waals surface area (Å²) in [6.45, 7) is 2.64. The smallest absolute Gasteiger partial charge is 0.319 e. The zero-order valence-corrected chi connectivity index (χ0v) is 16.9. The normalized spacial score (nSPS) is 14.9. The first-order chi connectivity index (χ1) is 14.7. The van der Waals surface area contributed by atoms with Crippen LogP contribution in [-0.2, 0) is 6.54 Å². The summed E-state index contributed by atoms with van der Waals surface area (Å²) in [6.07, 6.45) is 3.64. The van der Waals surface area contributed by atoms with Crippen molar-refractivity contribution in [2.75, 3.05) is 18.0 Å². The van der Waals surface area contributed by atoms with Gasteiger partial charge in [-0.2, -0.15) is 0 Å². The lowest BCUT2D eigenvalue weighted by atomic mass is 10.0. The van der Waals surface area contributed by atoms with Gasteiger partial charge >= 0.3 is 6.03 Å². The standard InChI is InChI=1S/C24H26N4O2/c25-24(29)28(20-7-3-1-4-8-20)21-13-15-27(16-14-21)18-19-11-12-23(26-17-19)30-22-9-5-2-6-10-22/h1-12,17,21H,13-16,18H2,(H2,25,29). The summed E-state index contributed by atoms with van der Waals surface area (Å²) in [4.78, 5) is 20.6. The van der Waals surface area contributed by atoms with E-state index in [0.29, 0.717) is 5.88 Å². The van der Waals surface area contributed by atoms with Crippen LogP contribution < -0.4 is 15.4 Å². The van der Waals surface area contributed by atoms with Crippen molar-refractivity contribution in [2.45, 2.75) is 25.4 Å². The quantitative estimate of drug-likeness (QED) is 0.662. The van der Waals surface area contributed by atoms with Crippen LogP contribution in [0.1, 0.15) is 18.4 Å². The minimum absolute atomic E-state index is 0.126. The lowest BCUT2D eigenvalue weighted by Gasteiger charge is -2.37. The van der Waals surface area contributed by atoms with Gasteiger partial charge in [0.2, 0.25) is 5.88 Å². The number of carbonyl (C=O) groups excluding carboxylic acids is 1. The average molecular weight is 402 g/mol. The maximum atomic E-state index is 12.0. The number of hydrogen-bond donors (Lipinski definition) is 1. The second kappa shape index (κ2) is 9.41. The fourth-order valence-corrected chi connectivity index (χ4v) is 3.87. The third-order valence-electron chi connectivity index (χ3n) is 5.36. The molecule has 2 aromatic carbocycles. The van der Waals surface area contributed by atoms with Crippen LogP contribution in [0.3, 0.4) is 0 Å². The van der Waals surface area contributed by atoms with Crippen LogP contribution in [0.2, 0.25) is 0 Å². The number of carbonyl (C=O) groups is 1. The van der Waals surface area contributed by atoms with E-state index in [9.17, 15) is 4.79 Å². The van der Waals surface area contributed by atoms with Crippen LogP contribution in [-0.4, -0.2) is 35.0 Å². The molecule has 2 N–H and O–H groups in total. The van der Waals surface area contributed by atoms with E-state index in [1.165, 1.54) is 0 Å². The number of amides is 2. The van der Waals surface area contributed by atoms with E-state index in [-0.39, 0.29) is 6.04 Å². The number of pyridine rings is 1. The van der Waals surface area contributed by atoms with Crippen molar-refractivity contribution in [1.82, 2.24) is 9.88 Å². The molecule has 1 fully saturated rings. The maximum Gasteiger partial charge on any atom is 0.319 e. The molecule has 6 nitrogen and oxygen atoms in total. The fraction of sp³-hybridized carbons (Fsp3) is 0.250. The van der Waals surface area contributed by atoms with Gasteiger partial charge in [0.15, 0.2) is 0 Å². The highest BCUT2D eigenvalue weighted by atomic mass is 16.5. The van der Waals surface area contributed by atoms with Crippen molar-refractivity contribution in [2.24, 2.45) is 5.73 Å². The predicted molar refractivity (Wildman–Crippen MR) is 118 cm³/mol. The van der Waals surface area contributed by atoms with Crippen LogP contribution in [0.15, 0.2) is 79.0 Å². The molecule has 0 aliphatic carbocycles. The molecule has 2 heterocycles. The second-order valence-corrected chi connectivity index (χ2v) is 7.47. The van der Waals surface area contributed by atoms with Crippen molar-refractivity contribution in [3.05, 3.63) is 84.6 Å². The number of ether oxygens (including phenoxy) is 1. The molecule has 6 heteroatoms. The van der Waals surface area contributed by atoms with Crippen molar-refractivity contribution in [3.63, 3.8) is 0 Å². The molecule has 1 aliphatic heterocycles. The Balaban J connectivity index is 1.32. The molecule has 0 radical (unpaired) electrons. The lowest BCUT2D eigenvalue weighted by molar-refractivity contribution is 0.199. The number of likely N-dealkylation sites (tertiary alicyclic amines) is 1. The Morgan fingerprint density at radius 1 is 1.00 bits per heavy atom. The van der Waals surface area contributed by atoms with E-state index >= 15 is 0 Å². The van der Waals surface area contributed by atoms with E-state index in [1.807, 2.05) is 72.9 Å². The van der Waals surface area contributed by atoms with Crippen LogP contribution in [0.5, 0.6) is 11.6 Å². The Morgan fingerprint density at radius 3 is 2.27 bits per heavy atom. The third-order valence-corrected chi connectivity index (χ3v) is 5.36. The number of aromatic nitrogens is 1. The van der Waals surface area contributed by atoms with Crippen LogP contribution in [0, 0.1) is 0 Å². The first-order valence-corrected chi connectivity index (χ1v) is 10.2. The Hall–Kier alpha value is -3.38. The highest BCUT2D eigenvalue weighted by Gasteiger charge is 2.27. The van der Waals surface area contributed by atoms with E-state index in [1.54, 1.807) is 4.90 Å². The predicted octanol–water partition coefficient (Wildman–Crippen LogP) is 4.42. The zero-order valence-electron chi connectivity index (χ0n) is 16.9. The van der Waals surface area contributed by atoms with Gasteiger partial charge in [-0.25, -0.2) is 9.78 Å². The number of para-hydroxylation sites is 2. The van der Waals surface area contributed by atoms with Crippen LogP contribution in [0.4, 0.5) is 10.5 Å². The third kappa shape index (κ3) is 4.96. The highest BCUT2D eigenvalue weighted by molar-refractivity contribution is 5.91. The van der Waals surface area contributed by atoms with Gasteiger partial charge in [-0.1, -0.05) is 42.5 Å². The molecule has 0 unspecified atom stereocenters. The second-order valence-electron chi connectivity index (χ2n) is 7.47. The molecule has 1 aromatic heterocycles. The van der Waals surface area contributed by atoms with Crippen LogP contribution in [0.25, 0.3) is 0 Å². The number of urea groups is 1. The largest absolute Gasteiger partial charge is 0.439 e. The SMILES string of the molecule is NC(=O)N(c1ccccc1)C1CCN(Cc2ccc(Oc3ccccc3)nc2)CC1. The van der Waals surface area contributed by atoms with E-state index in [2.05, 4.69) is 16.0 Å². The summed E-state index contributed by atoms with van der Waals surface area (Å²) < 4.78 is 5.75. The molecule has 3 aromatic rings. The molecule has 0 saturated carbocycles. The molecular formula is C24H26N4O2. The summed E-state index contributed by atoms with van der Waals surface area (Å²) in [5.74, 6) is 1.36. The first-order valence-electron chi connectivity index (χ1n) is 10.2. The van der Waals surface area contributed by atoms with Gasteiger partial charge in [-0.3, -0.25) is 9.80 Å². The van der Waals surface area contributed by atoms with Crippen molar-refractivity contribution in [3.8, 4) is 11.6 Å². The number of benzene rings is 2. The molecular weight excluding hydrogens is 376 g/mol. The van der Waals surface area contributed by atoms with Gasteiger partial charge in [-0.15, -0.1) is 0 Å². The zero-order chi connectivity index (χ0) is 20.8. The van der Waals surface area contributed by atoms with Crippen molar-refractivity contribution in [1.29, 1.82) is 0 Å². The lowest BCUT2D eigenvalue weighted by Crippen LogP contribution is -2.49. The summed E-state index contributed by atoms with van der Waals surface area (Å²) in [7, 11) is 0. The van der Waals surface area contributed by atoms with Crippen LogP contribution >= 0.6 is 0 Å². The minimum atomic E-state index is -0.391. The summed E-state index contributed by atoms with van der Waals surface area (Å²) in [5, 5.41) is 0. The van der Waals surface area contributed by atoms with E-state index < -0.39 is 6.03 Å². The molecule has 4 rings (SSSR count). The number of piperidine rings is 1. The Morgan fingerprint density at radius 2 is 1.67 bits per heavy atom. The molecule has 2 amide bonds. The maximum absolute atomic E-state index is 12.0. The summed E-state index contributed by atoms with van der Waals surface area (Å²) >= 11 is 0. The van der Waals surface area contributed by atoms with E-state index in [0.717, 1.165) is 49.5 Å². The van der Waals surface area contributed by atoms with E-state index in [4.69, 9.17) is 10.5 Å². The van der Waals surface area contributed by atoms with Gasteiger partial charge in [-0.05, 0) is 42.7 Å². The Labute approximate surface area is 176 Å². The van der Waals surface area contributed by atoms with Gasteiger partial charge in [0.25, 0.3) is 0 Å². The number of rotatable bonds is 6. The number of primary amides is 1. The number of hydrogen-bond acceptors (Lipinski definition) is 4. The monoisotopic (exact) mass is 402 g/mol. The molecule has 1 saturated heterocycles. The van der Waals surface area contributed by atoms with Gasteiger partial charge < -0.3 is 10.5 Å². The Bertz CT molecular complexity index is 940. The molecule has 0 bridgehead atoms. The number of nitrogens with zero attached hydrogens (tertiary/aromatic N) is 3. The average Bonchev–Trinajstić information content (AvgIpc) is 2.78. The minimum Gasteiger partial charge on any atom is -0.439 e. The molecule has 0 spiro atoms. The summed E-state index contributed by atoms with van der Waals surface area (Å²) in [6, 6.07) is 23.0. The molecule has 1 aliphatic rings.